The van der Waals surface area contributed by atoms with Gasteiger partial charge in [-0.05, 0) is 59.8 Å². The minimum atomic E-state index is -0.134. The van der Waals surface area contributed by atoms with Crippen LogP contribution in [0.25, 0.3) is 38.2 Å². The van der Waals surface area contributed by atoms with Crippen molar-refractivity contribution in [3.05, 3.63) is 93.3 Å². The number of aromatic amines is 1. The number of thiophene rings is 1. The molecule has 1 N–H and O–H groups in total. The lowest BCUT2D eigenvalue weighted by Crippen LogP contribution is -2.14. The Morgan fingerprint density at radius 2 is 1.83 bits per heavy atom. The molecule has 0 spiro atoms. The number of hydrogen-bond donors (Lipinski definition) is 1. The van der Waals surface area contributed by atoms with Gasteiger partial charge in [-0.2, -0.15) is 0 Å². The molecule has 142 valence electrons. The topological polar surface area (TPSA) is 50.7 Å². The summed E-state index contributed by atoms with van der Waals surface area (Å²) in [4.78, 5) is 18.7. The van der Waals surface area contributed by atoms with Crippen LogP contribution in [-0.4, -0.2) is 14.8 Å². The Hall–Kier alpha value is -3.15. The quantitative estimate of drug-likeness (QED) is 0.387. The predicted octanol–water partition coefficient (Wildman–Crippen LogP) is 6.07. The summed E-state index contributed by atoms with van der Waals surface area (Å²) in [5, 5.41) is 6.54. The molecule has 6 heteroatoms. The van der Waals surface area contributed by atoms with E-state index in [2.05, 4.69) is 39.7 Å². The van der Waals surface area contributed by atoms with E-state index in [0.717, 1.165) is 33.6 Å². The Morgan fingerprint density at radius 3 is 2.59 bits per heavy atom. The van der Waals surface area contributed by atoms with Gasteiger partial charge in [0, 0.05) is 27.4 Å². The summed E-state index contributed by atoms with van der Waals surface area (Å²) < 4.78 is 1.54. The van der Waals surface area contributed by atoms with Crippen LogP contribution in [0.1, 0.15) is 5.69 Å². The highest BCUT2D eigenvalue weighted by atomic mass is 35.5. The predicted molar refractivity (Wildman–Crippen MR) is 120 cm³/mol. The van der Waals surface area contributed by atoms with Gasteiger partial charge < -0.3 is 0 Å². The fourth-order valence-electron chi connectivity index (χ4n) is 3.56. The molecule has 0 saturated carbocycles. The zero-order chi connectivity index (χ0) is 20.0. The van der Waals surface area contributed by atoms with Gasteiger partial charge >= 0.3 is 0 Å². The highest BCUT2D eigenvalue weighted by Gasteiger charge is 2.16. The van der Waals surface area contributed by atoms with Gasteiger partial charge in [-0.25, -0.2) is 4.68 Å². The van der Waals surface area contributed by atoms with Gasteiger partial charge in [0.15, 0.2) is 0 Å². The second-order valence-electron chi connectivity index (χ2n) is 6.79. The summed E-state index contributed by atoms with van der Waals surface area (Å²) in [7, 11) is 0. The molecule has 29 heavy (non-hydrogen) atoms. The summed E-state index contributed by atoms with van der Waals surface area (Å²) >= 11 is 7.70. The number of nitrogens with one attached hydrogen (secondary N) is 1. The highest BCUT2D eigenvalue weighted by molar-refractivity contribution is 7.13. The van der Waals surface area contributed by atoms with Crippen LogP contribution in [0.5, 0.6) is 0 Å². The van der Waals surface area contributed by atoms with Crippen molar-refractivity contribution < 1.29 is 0 Å². The molecule has 3 aromatic heterocycles. The molecule has 0 saturated heterocycles. The van der Waals surface area contributed by atoms with E-state index in [9.17, 15) is 4.79 Å². The van der Waals surface area contributed by atoms with Crippen LogP contribution in [0.15, 0.2) is 77.0 Å². The van der Waals surface area contributed by atoms with Gasteiger partial charge in [0.1, 0.15) is 0 Å². The summed E-state index contributed by atoms with van der Waals surface area (Å²) in [6.45, 7) is 1.96. The summed E-state index contributed by atoms with van der Waals surface area (Å²) in [5.74, 6) is 0. The molecule has 0 bridgehead atoms. The third-order valence-corrected chi connectivity index (χ3v) is 6.14. The van der Waals surface area contributed by atoms with E-state index in [0.29, 0.717) is 10.4 Å². The summed E-state index contributed by atoms with van der Waals surface area (Å²) in [6, 6.07) is 19.7. The largest absolute Gasteiger partial charge is 0.290 e. The number of rotatable bonds is 3. The van der Waals surface area contributed by atoms with Crippen LogP contribution in [0.2, 0.25) is 5.02 Å². The van der Waals surface area contributed by atoms with Gasteiger partial charge in [-0.15, -0.1) is 11.3 Å². The second-order valence-corrected chi connectivity index (χ2v) is 8.18. The maximum atomic E-state index is 13.0. The molecule has 3 heterocycles. The van der Waals surface area contributed by atoms with E-state index in [-0.39, 0.29) is 5.56 Å². The standard InChI is InChI=1S/C23H16ClN3OS/c1-14-21(16-5-2-4-15(12-16)20-6-3-11-29-20)22-19(13-25-14)23(28)27(26-22)18-9-7-17(24)8-10-18/h2-13,26H,1H3. The van der Waals surface area contributed by atoms with Gasteiger partial charge in [0.25, 0.3) is 5.56 Å². The second kappa shape index (κ2) is 7.03. The summed E-state index contributed by atoms with van der Waals surface area (Å²) in [6.07, 6.45) is 1.64. The number of aromatic nitrogens is 3. The van der Waals surface area contributed by atoms with Crippen LogP contribution in [0.4, 0.5) is 0 Å². The van der Waals surface area contributed by atoms with Crippen LogP contribution >= 0.6 is 22.9 Å². The maximum Gasteiger partial charge on any atom is 0.280 e. The fraction of sp³-hybridized carbons (Fsp3) is 0.0435. The van der Waals surface area contributed by atoms with Crippen LogP contribution < -0.4 is 5.56 Å². The number of nitrogens with zero attached hydrogens (tertiary/aromatic N) is 2. The lowest BCUT2D eigenvalue weighted by molar-refractivity contribution is 0.864. The number of pyridine rings is 1. The van der Waals surface area contributed by atoms with Crippen LogP contribution in [0, 0.1) is 6.92 Å². The van der Waals surface area contributed by atoms with Crippen LogP contribution in [0.3, 0.4) is 0 Å². The van der Waals surface area contributed by atoms with Gasteiger partial charge in [-0.1, -0.05) is 35.9 Å². The molecule has 0 aliphatic carbocycles. The molecular weight excluding hydrogens is 402 g/mol. The average Bonchev–Trinajstić information content (AvgIpc) is 3.37. The molecular formula is C23H16ClN3OS. The molecule has 0 unspecified atom stereocenters. The molecule has 5 aromatic rings. The van der Waals surface area contributed by atoms with E-state index < -0.39 is 0 Å². The minimum Gasteiger partial charge on any atom is -0.290 e. The molecule has 0 amide bonds. The first-order chi connectivity index (χ1) is 14.1. The Morgan fingerprint density at radius 1 is 1.03 bits per heavy atom. The third kappa shape index (κ3) is 3.09. The zero-order valence-electron chi connectivity index (χ0n) is 15.5. The Balaban J connectivity index is 1.74. The number of hydrogen-bond acceptors (Lipinski definition) is 3. The van der Waals surface area contributed by atoms with E-state index >= 15 is 0 Å². The molecule has 4 nitrogen and oxygen atoms in total. The van der Waals surface area contributed by atoms with Gasteiger partial charge in [0.2, 0.25) is 0 Å². The lowest BCUT2D eigenvalue weighted by Gasteiger charge is -2.08. The molecule has 0 aliphatic rings. The molecule has 5 rings (SSSR count). The molecule has 0 atom stereocenters. The van der Waals surface area contributed by atoms with E-state index in [1.807, 2.05) is 31.2 Å². The third-order valence-electron chi connectivity index (χ3n) is 4.97. The highest BCUT2D eigenvalue weighted by Crippen LogP contribution is 2.33. The van der Waals surface area contributed by atoms with Gasteiger partial charge in [0.05, 0.1) is 16.6 Å². The summed E-state index contributed by atoms with van der Waals surface area (Å²) in [5.41, 5.74) is 5.35. The Bertz CT molecular complexity index is 1380. The SMILES string of the molecule is Cc1ncc2c(=O)n(-c3ccc(Cl)cc3)[nH]c2c1-c1cccc(-c2cccs2)c1. The van der Waals surface area contributed by atoms with Gasteiger partial charge in [-0.3, -0.25) is 14.9 Å². The van der Waals surface area contributed by atoms with Crippen molar-refractivity contribution in [2.75, 3.05) is 0 Å². The van der Waals surface area contributed by atoms with Crippen molar-refractivity contribution in [3.63, 3.8) is 0 Å². The molecule has 0 radical (unpaired) electrons. The fourth-order valence-corrected chi connectivity index (χ4v) is 4.41. The number of benzene rings is 2. The molecule has 0 aliphatic heterocycles. The smallest absolute Gasteiger partial charge is 0.280 e. The first kappa shape index (κ1) is 17.9. The lowest BCUT2D eigenvalue weighted by atomic mass is 9.99. The van der Waals surface area contributed by atoms with Crippen LogP contribution in [-0.2, 0) is 0 Å². The van der Waals surface area contributed by atoms with E-state index in [1.165, 1.54) is 9.56 Å². The Kier molecular flexibility index (Phi) is 4.34. The molecule has 2 aromatic carbocycles. The first-order valence-electron chi connectivity index (χ1n) is 9.12. The van der Waals surface area contributed by atoms with E-state index in [4.69, 9.17) is 11.6 Å². The number of aryl methyl sites for hydroxylation is 1. The van der Waals surface area contributed by atoms with Crippen molar-refractivity contribution in [3.8, 4) is 27.3 Å². The zero-order valence-corrected chi connectivity index (χ0v) is 17.1. The van der Waals surface area contributed by atoms with Crippen molar-refractivity contribution >= 4 is 33.8 Å². The normalized spacial score (nSPS) is 11.2. The number of H-pyrrole nitrogens is 1. The Labute approximate surface area is 176 Å². The van der Waals surface area contributed by atoms with Crippen molar-refractivity contribution in [1.29, 1.82) is 0 Å². The van der Waals surface area contributed by atoms with Crippen molar-refractivity contribution in [2.24, 2.45) is 0 Å². The minimum absolute atomic E-state index is 0.134. The molecule has 0 fully saturated rings. The van der Waals surface area contributed by atoms with E-state index in [1.54, 1.807) is 29.7 Å². The van der Waals surface area contributed by atoms with Crippen molar-refractivity contribution in [1.82, 2.24) is 14.8 Å². The van der Waals surface area contributed by atoms with Crippen molar-refractivity contribution in [2.45, 2.75) is 6.92 Å². The average molecular weight is 418 g/mol. The monoisotopic (exact) mass is 417 g/mol. The number of halogens is 1. The number of fused-ring (bicyclic) bond motifs is 1. The maximum absolute atomic E-state index is 13.0. The first-order valence-corrected chi connectivity index (χ1v) is 10.4.